The van der Waals surface area contributed by atoms with Crippen molar-refractivity contribution in [3.8, 4) is 17.4 Å². The first-order chi connectivity index (χ1) is 13.9. The highest BCUT2D eigenvalue weighted by molar-refractivity contribution is 6.01. The number of nitrogens with zero attached hydrogens (tertiary/aromatic N) is 2. The summed E-state index contributed by atoms with van der Waals surface area (Å²) >= 11 is 0. The Morgan fingerprint density at radius 3 is 2.76 bits per heavy atom. The van der Waals surface area contributed by atoms with E-state index in [1.807, 2.05) is 6.07 Å². The van der Waals surface area contributed by atoms with Crippen molar-refractivity contribution in [1.29, 1.82) is 5.26 Å². The number of nitrogens with one attached hydrogen (secondary N) is 1. The number of nitro benzene ring substituents is 1. The van der Waals surface area contributed by atoms with E-state index in [-0.39, 0.29) is 23.6 Å². The lowest BCUT2D eigenvalue weighted by atomic mass is 10.0. The fourth-order valence-corrected chi connectivity index (χ4v) is 2.72. The molecule has 29 heavy (non-hydrogen) atoms. The van der Waals surface area contributed by atoms with Crippen molar-refractivity contribution in [1.82, 2.24) is 5.32 Å². The number of furan rings is 2. The van der Waals surface area contributed by atoms with Crippen LogP contribution in [0.2, 0.25) is 0 Å². The lowest BCUT2D eigenvalue weighted by molar-refractivity contribution is -0.385. The van der Waals surface area contributed by atoms with Crippen LogP contribution < -0.4 is 5.32 Å². The minimum atomic E-state index is -0.566. The highest BCUT2D eigenvalue weighted by Crippen LogP contribution is 2.31. The summed E-state index contributed by atoms with van der Waals surface area (Å²) in [5.74, 6) is 0.678. The molecule has 3 aromatic rings. The van der Waals surface area contributed by atoms with Crippen molar-refractivity contribution in [2.24, 2.45) is 0 Å². The van der Waals surface area contributed by atoms with Crippen molar-refractivity contribution in [2.75, 3.05) is 0 Å². The lowest BCUT2D eigenvalue weighted by Gasteiger charge is -2.05. The Balaban J connectivity index is 1.82. The second-order valence-corrected chi connectivity index (χ2v) is 6.33. The van der Waals surface area contributed by atoms with Gasteiger partial charge in [-0.2, -0.15) is 5.26 Å². The van der Waals surface area contributed by atoms with Gasteiger partial charge >= 0.3 is 0 Å². The summed E-state index contributed by atoms with van der Waals surface area (Å²) in [7, 11) is 0. The van der Waals surface area contributed by atoms with Crippen molar-refractivity contribution in [3.63, 3.8) is 0 Å². The van der Waals surface area contributed by atoms with Gasteiger partial charge in [0.25, 0.3) is 11.6 Å². The molecule has 146 valence electrons. The molecule has 0 unspecified atom stereocenters. The van der Waals surface area contributed by atoms with Crippen molar-refractivity contribution in [3.05, 3.63) is 81.0 Å². The summed E-state index contributed by atoms with van der Waals surface area (Å²) in [5.41, 5.74) is 1.76. The normalized spacial score (nSPS) is 11.1. The van der Waals surface area contributed by atoms with Gasteiger partial charge in [-0.3, -0.25) is 14.9 Å². The van der Waals surface area contributed by atoms with Crippen LogP contribution in [0.4, 0.5) is 5.69 Å². The van der Waals surface area contributed by atoms with E-state index in [9.17, 15) is 20.2 Å². The number of aryl methyl sites for hydroxylation is 1. The third-order valence-corrected chi connectivity index (χ3v) is 4.40. The molecule has 0 fully saturated rings. The van der Waals surface area contributed by atoms with Crippen LogP contribution in [0.25, 0.3) is 17.4 Å². The summed E-state index contributed by atoms with van der Waals surface area (Å²) in [6.45, 7) is 3.63. The average molecular weight is 391 g/mol. The van der Waals surface area contributed by atoms with Crippen molar-refractivity contribution >= 4 is 17.7 Å². The fourth-order valence-electron chi connectivity index (χ4n) is 2.72. The Morgan fingerprint density at radius 2 is 2.10 bits per heavy atom. The molecule has 0 bridgehead atoms. The fraction of sp³-hybridized carbons (Fsp3) is 0.143. The number of rotatable bonds is 6. The first-order valence-electron chi connectivity index (χ1n) is 8.67. The van der Waals surface area contributed by atoms with E-state index in [4.69, 9.17) is 8.83 Å². The van der Waals surface area contributed by atoms with Gasteiger partial charge in [0.05, 0.1) is 17.7 Å². The molecule has 8 heteroatoms. The molecule has 0 saturated carbocycles. The van der Waals surface area contributed by atoms with E-state index in [0.717, 1.165) is 5.56 Å². The van der Waals surface area contributed by atoms with Crippen LogP contribution in [-0.2, 0) is 11.3 Å². The molecule has 1 aromatic carbocycles. The summed E-state index contributed by atoms with van der Waals surface area (Å²) in [6, 6.07) is 11.7. The van der Waals surface area contributed by atoms with Crippen LogP contribution in [0.1, 0.15) is 22.6 Å². The van der Waals surface area contributed by atoms with Crippen LogP contribution in [0.5, 0.6) is 0 Å². The van der Waals surface area contributed by atoms with E-state index in [2.05, 4.69) is 5.32 Å². The van der Waals surface area contributed by atoms with Gasteiger partial charge in [0.2, 0.25) is 0 Å². The van der Waals surface area contributed by atoms with Gasteiger partial charge in [-0.25, -0.2) is 0 Å². The van der Waals surface area contributed by atoms with E-state index in [1.165, 1.54) is 18.4 Å². The predicted octanol–water partition coefficient (Wildman–Crippen LogP) is 4.29. The summed E-state index contributed by atoms with van der Waals surface area (Å²) < 4.78 is 10.8. The van der Waals surface area contributed by atoms with Gasteiger partial charge in [-0.1, -0.05) is 0 Å². The molecule has 0 aliphatic carbocycles. The van der Waals surface area contributed by atoms with Crippen molar-refractivity contribution < 1.29 is 18.6 Å². The molecular formula is C21H17N3O5. The number of carbonyl (C=O) groups excluding carboxylic acids is 1. The van der Waals surface area contributed by atoms with E-state index >= 15 is 0 Å². The Labute approximate surface area is 166 Å². The number of benzene rings is 1. The van der Waals surface area contributed by atoms with Crippen LogP contribution in [0, 0.1) is 35.3 Å². The van der Waals surface area contributed by atoms with Crippen LogP contribution in [0.15, 0.2) is 57.1 Å². The van der Waals surface area contributed by atoms with E-state index in [1.54, 1.807) is 44.2 Å². The van der Waals surface area contributed by atoms with Gasteiger partial charge in [0.15, 0.2) is 0 Å². The quantitative estimate of drug-likeness (QED) is 0.289. The molecular weight excluding hydrogens is 374 g/mol. The summed E-state index contributed by atoms with van der Waals surface area (Å²) in [5, 5.41) is 23.1. The highest BCUT2D eigenvalue weighted by Gasteiger charge is 2.17. The van der Waals surface area contributed by atoms with Crippen LogP contribution in [-0.4, -0.2) is 10.8 Å². The number of nitro groups is 1. The number of amides is 1. The molecule has 0 saturated heterocycles. The molecule has 3 rings (SSSR count). The Morgan fingerprint density at radius 1 is 1.31 bits per heavy atom. The number of carbonyl (C=O) groups is 1. The Kier molecular flexibility index (Phi) is 5.60. The smallest absolute Gasteiger partial charge is 0.273 e. The van der Waals surface area contributed by atoms with Crippen LogP contribution >= 0.6 is 0 Å². The lowest BCUT2D eigenvalue weighted by Crippen LogP contribution is -2.23. The molecule has 0 aliphatic rings. The second kappa shape index (κ2) is 8.27. The monoisotopic (exact) mass is 391 g/mol. The number of hydrogen-bond acceptors (Lipinski definition) is 6. The zero-order valence-electron chi connectivity index (χ0n) is 15.8. The maximum atomic E-state index is 12.2. The Bertz CT molecular complexity index is 1130. The maximum absolute atomic E-state index is 12.2. The second-order valence-electron chi connectivity index (χ2n) is 6.33. The maximum Gasteiger partial charge on any atom is 0.273 e. The molecule has 0 radical (unpaired) electrons. The first kappa shape index (κ1) is 19.6. The van der Waals surface area contributed by atoms with Crippen LogP contribution in [0.3, 0.4) is 0 Å². The van der Waals surface area contributed by atoms with Gasteiger partial charge in [0, 0.05) is 23.3 Å². The minimum Gasteiger partial charge on any atom is -0.467 e. The molecule has 1 N–H and O–H groups in total. The minimum absolute atomic E-state index is 0.00325. The SMILES string of the molecule is Cc1cc(-c2ccc(/C=C(\C#N)C(=O)NCc3ccco3)o2)cc([N+](=O)[O-])c1C. The molecule has 0 aliphatic heterocycles. The Hall–Kier alpha value is -4.12. The van der Waals surface area contributed by atoms with E-state index in [0.29, 0.717) is 22.6 Å². The molecule has 2 heterocycles. The van der Waals surface area contributed by atoms with Gasteiger partial charge in [-0.05, 0) is 49.7 Å². The predicted molar refractivity (Wildman–Crippen MR) is 104 cm³/mol. The molecule has 8 nitrogen and oxygen atoms in total. The third kappa shape index (κ3) is 4.42. The van der Waals surface area contributed by atoms with Gasteiger partial charge in [0.1, 0.15) is 28.9 Å². The summed E-state index contributed by atoms with van der Waals surface area (Å²) in [4.78, 5) is 23.0. The molecule has 1 amide bonds. The van der Waals surface area contributed by atoms with Crippen molar-refractivity contribution in [2.45, 2.75) is 20.4 Å². The summed E-state index contributed by atoms with van der Waals surface area (Å²) in [6.07, 6.45) is 2.81. The largest absolute Gasteiger partial charge is 0.467 e. The zero-order valence-corrected chi connectivity index (χ0v) is 15.8. The molecule has 0 spiro atoms. The number of nitriles is 1. The van der Waals surface area contributed by atoms with E-state index < -0.39 is 10.8 Å². The number of hydrogen-bond donors (Lipinski definition) is 1. The molecule has 0 atom stereocenters. The molecule has 2 aromatic heterocycles. The zero-order chi connectivity index (χ0) is 21.0. The van der Waals surface area contributed by atoms with Gasteiger partial charge < -0.3 is 14.2 Å². The third-order valence-electron chi connectivity index (χ3n) is 4.40. The average Bonchev–Trinajstić information content (AvgIpc) is 3.38. The topological polar surface area (TPSA) is 122 Å². The standard InChI is InChI=1S/C21H17N3O5/c1-13-8-15(10-19(14(13)2)24(26)27)20-6-5-17(29-20)9-16(11-22)21(25)23-12-18-4-3-7-28-18/h3-10H,12H2,1-2H3,(H,23,25)/b16-9+. The van der Waals surface area contributed by atoms with Gasteiger partial charge in [-0.15, -0.1) is 0 Å². The highest BCUT2D eigenvalue weighted by atomic mass is 16.6. The first-order valence-corrected chi connectivity index (χ1v) is 8.67.